The molecule has 0 saturated heterocycles. The SMILES string of the molecule is O=C(Nc1ccccc1F)c1cccc(NC2=C(Cl)C(=O)N(c3ccccc3F)C2=O)c1. The first-order valence-corrected chi connectivity index (χ1v) is 9.70. The Morgan fingerprint density at radius 3 is 2.25 bits per heavy atom. The van der Waals surface area contributed by atoms with Crippen molar-refractivity contribution < 1.29 is 23.2 Å². The van der Waals surface area contributed by atoms with Crippen LogP contribution in [0.25, 0.3) is 0 Å². The summed E-state index contributed by atoms with van der Waals surface area (Å²) in [7, 11) is 0. The molecular weight excluding hydrogens is 440 g/mol. The number of nitrogens with one attached hydrogen (secondary N) is 2. The van der Waals surface area contributed by atoms with Gasteiger partial charge < -0.3 is 10.6 Å². The highest BCUT2D eigenvalue weighted by Crippen LogP contribution is 2.31. The van der Waals surface area contributed by atoms with E-state index in [1.165, 1.54) is 54.6 Å². The van der Waals surface area contributed by atoms with Gasteiger partial charge in [0.25, 0.3) is 17.7 Å². The van der Waals surface area contributed by atoms with Crippen molar-refractivity contribution in [3.8, 4) is 0 Å². The fourth-order valence-corrected chi connectivity index (χ4v) is 3.32. The van der Waals surface area contributed by atoms with Gasteiger partial charge in [0.15, 0.2) is 0 Å². The molecule has 0 aromatic heterocycles. The number of para-hydroxylation sites is 2. The van der Waals surface area contributed by atoms with Gasteiger partial charge >= 0.3 is 0 Å². The van der Waals surface area contributed by atoms with Crippen LogP contribution in [0.4, 0.5) is 25.8 Å². The molecule has 3 amide bonds. The number of benzene rings is 3. The molecule has 32 heavy (non-hydrogen) atoms. The van der Waals surface area contributed by atoms with Crippen LogP contribution in [-0.4, -0.2) is 17.7 Å². The van der Waals surface area contributed by atoms with E-state index in [4.69, 9.17) is 11.6 Å². The van der Waals surface area contributed by atoms with Crippen LogP contribution in [0.5, 0.6) is 0 Å². The third kappa shape index (κ3) is 3.95. The molecular formula is C23H14ClF2N3O3. The number of nitrogens with zero attached hydrogens (tertiary/aromatic N) is 1. The van der Waals surface area contributed by atoms with E-state index in [9.17, 15) is 23.2 Å². The van der Waals surface area contributed by atoms with Crippen LogP contribution < -0.4 is 15.5 Å². The molecule has 0 spiro atoms. The third-order valence-electron chi connectivity index (χ3n) is 4.64. The minimum atomic E-state index is -0.877. The molecule has 0 aliphatic carbocycles. The highest BCUT2D eigenvalue weighted by Gasteiger charge is 2.40. The predicted molar refractivity (Wildman–Crippen MR) is 116 cm³/mol. The summed E-state index contributed by atoms with van der Waals surface area (Å²) in [5.41, 5.74) is -0.0330. The Hall–Kier alpha value is -4.04. The number of hydrogen-bond donors (Lipinski definition) is 2. The molecule has 1 aliphatic rings. The number of anilines is 3. The van der Waals surface area contributed by atoms with Crippen LogP contribution in [0.2, 0.25) is 0 Å². The van der Waals surface area contributed by atoms with Crippen molar-refractivity contribution >= 4 is 46.4 Å². The molecule has 1 heterocycles. The van der Waals surface area contributed by atoms with E-state index < -0.39 is 34.4 Å². The van der Waals surface area contributed by atoms with E-state index in [1.54, 1.807) is 12.1 Å². The number of imide groups is 1. The summed E-state index contributed by atoms with van der Waals surface area (Å²) in [6.45, 7) is 0. The van der Waals surface area contributed by atoms with E-state index in [0.717, 1.165) is 6.07 Å². The number of carbonyl (C=O) groups is 3. The standard InChI is InChI=1S/C23H14ClF2N3O3/c24-19-20(23(32)29(22(19)31)18-11-4-2-9-16(18)26)27-14-7-5-6-13(12-14)21(30)28-17-10-3-1-8-15(17)25/h1-12,27H,(H,28,30). The van der Waals surface area contributed by atoms with Gasteiger partial charge in [-0.1, -0.05) is 41.9 Å². The molecule has 3 aromatic carbocycles. The van der Waals surface area contributed by atoms with E-state index in [-0.39, 0.29) is 28.3 Å². The summed E-state index contributed by atoms with van der Waals surface area (Å²) in [5, 5.41) is 4.76. The maximum atomic E-state index is 14.1. The van der Waals surface area contributed by atoms with Crippen molar-refractivity contribution in [1.82, 2.24) is 0 Å². The lowest BCUT2D eigenvalue weighted by Crippen LogP contribution is -2.33. The van der Waals surface area contributed by atoms with Crippen molar-refractivity contribution in [1.29, 1.82) is 0 Å². The molecule has 0 saturated carbocycles. The van der Waals surface area contributed by atoms with Crippen molar-refractivity contribution in [3.63, 3.8) is 0 Å². The summed E-state index contributed by atoms with van der Waals surface area (Å²) in [4.78, 5) is 38.4. The second kappa shape index (κ2) is 8.60. The number of halogens is 3. The monoisotopic (exact) mass is 453 g/mol. The first-order valence-electron chi connectivity index (χ1n) is 9.33. The zero-order valence-electron chi connectivity index (χ0n) is 16.2. The molecule has 9 heteroatoms. The van der Waals surface area contributed by atoms with Gasteiger partial charge in [0.2, 0.25) is 0 Å². The van der Waals surface area contributed by atoms with Crippen LogP contribution >= 0.6 is 11.6 Å². The Kier molecular flexibility index (Phi) is 5.70. The smallest absolute Gasteiger partial charge is 0.283 e. The minimum absolute atomic E-state index is 0.0127. The Morgan fingerprint density at radius 2 is 1.53 bits per heavy atom. The molecule has 0 atom stereocenters. The lowest BCUT2D eigenvalue weighted by Gasteiger charge is -2.15. The number of rotatable bonds is 5. The summed E-state index contributed by atoms with van der Waals surface area (Å²) in [5.74, 6) is -3.65. The van der Waals surface area contributed by atoms with Gasteiger partial charge in [-0.15, -0.1) is 0 Å². The van der Waals surface area contributed by atoms with Crippen LogP contribution in [0, 0.1) is 11.6 Å². The average Bonchev–Trinajstić information content (AvgIpc) is 2.99. The largest absolute Gasteiger partial charge is 0.350 e. The van der Waals surface area contributed by atoms with Crippen LogP contribution in [0.15, 0.2) is 83.5 Å². The number of amides is 3. The fourth-order valence-electron chi connectivity index (χ4n) is 3.10. The molecule has 0 bridgehead atoms. The molecule has 160 valence electrons. The van der Waals surface area contributed by atoms with Gasteiger partial charge in [0.05, 0.1) is 11.4 Å². The Labute approximate surface area is 186 Å². The van der Waals surface area contributed by atoms with E-state index in [0.29, 0.717) is 4.90 Å². The lowest BCUT2D eigenvalue weighted by atomic mass is 10.1. The van der Waals surface area contributed by atoms with Crippen molar-refractivity contribution in [2.24, 2.45) is 0 Å². The van der Waals surface area contributed by atoms with Crippen molar-refractivity contribution in [3.05, 3.63) is 101 Å². The summed E-state index contributed by atoms with van der Waals surface area (Å²) < 4.78 is 27.9. The highest BCUT2D eigenvalue weighted by molar-refractivity contribution is 6.53. The van der Waals surface area contributed by atoms with E-state index in [2.05, 4.69) is 10.6 Å². The highest BCUT2D eigenvalue weighted by atomic mass is 35.5. The summed E-state index contributed by atoms with van der Waals surface area (Å²) in [6.07, 6.45) is 0. The van der Waals surface area contributed by atoms with E-state index >= 15 is 0 Å². The lowest BCUT2D eigenvalue weighted by molar-refractivity contribution is -0.120. The molecule has 0 unspecified atom stereocenters. The van der Waals surface area contributed by atoms with Gasteiger partial charge in [-0.05, 0) is 42.5 Å². The van der Waals surface area contributed by atoms with E-state index in [1.807, 2.05) is 0 Å². The van der Waals surface area contributed by atoms with Crippen LogP contribution in [-0.2, 0) is 9.59 Å². The summed E-state index contributed by atoms with van der Waals surface area (Å²) >= 11 is 6.06. The normalized spacial score (nSPS) is 13.5. The van der Waals surface area contributed by atoms with Crippen molar-refractivity contribution in [2.45, 2.75) is 0 Å². The second-order valence-electron chi connectivity index (χ2n) is 6.73. The van der Waals surface area contributed by atoms with Gasteiger partial charge in [-0.3, -0.25) is 14.4 Å². The molecule has 0 radical (unpaired) electrons. The molecule has 3 aromatic rings. The van der Waals surface area contributed by atoms with Gasteiger partial charge in [0.1, 0.15) is 22.4 Å². The predicted octanol–water partition coefficient (Wildman–Crippen LogP) is 4.65. The first kappa shape index (κ1) is 21.2. The zero-order valence-corrected chi connectivity index (χ0v) is 17.0. The molecule has 1 aliphatic heterocycles. The molecule has 6 nitrogen and oxygen atoms in total. The van der Waals surface area contributed by atoms with Gasteiger partial charge in [-0.25, -0.2) is 13.7 Å². The second-order valence-corrected chi connectivity index (χ2v) is 7.10. The number of carbonyl (C=O) groups excluding carboxylic acids is 3. The molecule has 0 fully saturated rings. The quantitative estimate of drug-likeness (QED) is 0.551. The number of hydrogen-bond acceptors (Lipinski definition) is 4. The van der Waals surface area contributed by atoms with Crippen molar-refractivity contribution in [2.75, 3.05) is 15.5 Å². The van der Waals surface area contributed by atoms with Gasteiger partial charge in [-0.2, -0.15) is 0 Å². The zero-order chi connectivity index (χ0) is 22.8. The van der Waals surface area contributed by atoms with Crippen LogP contribution in [0.3, 0.4) is 0 Å². The first-order chi connectivity index (χ1) is 15.4. The van der Waals surface area contributed by atoms with Crippen LogP contribution in [0.1, 0.15) is 10.4 Å². The average molecular weight is 454 g/mol. The Bertz CT molecular complexity index is 1290. The molecule has 2 N–H and O–H groups in total. The Balaban J connectivity index is 1.56. The fraction of sp³-hybridized carbons (Fsp3) is 0. The third-order valence-corrected chi connectivity index (χ3v) is 4.99. The Morgan fingerprint density at radius 1 is 0.844 bits per heavy atom. The maximum Gasteiger partial charge on any atom is 0.283 e. The maximum absolute atomic E-state index is 14.1. The van der Waals surface area contributed by atoms with Gasteiger partial charge in [0, 0.05) is 11.3 Å². The summed E-state index contributed by atoms with van der Waals surface area (Å²) in [6, 6.07) is 17.0. The topological polar surface area (TPSA) is 78.5 Å². The molecule has 4 rings (SSSR count). The minimum Gasteiger partial charge on any atom is -0.350 e.